The smallest absolute Gasteiger partial charge is 0.416 e. The van der Waals surface area contributed by atoms with Crippen LogP contribution in [0.5, 0.6) is 0 Å². The number of hydrogen-bond donors (Lipinski definition) is 3. The van der Waals surface area contributed by atoms with Gasteiger partial charge in [0.15, 0.2) is 0 Å². The number of carboxylic acids is 1. The summed E-state index contributed by atoms with van der Waals surface area (Å²) in [5.74, 6) is -2.63. The Hall–Kier alpha value is -3.98. The van der Waals surface area contributed by atoms with Gasteiger partial charge in [-0.15, -0.1) is 0 Å². The summed E-state index contributed by atoms with van der Waals surface area (Å²) in [7, 11) is 0. The van der Waals surface area contributed by atoms with Gasteiger partial charge < -0.3 is 10.4 Å². The van der Waals surface area contributed by atoms with Gasteiger partial charge in [0.05, 0.1) is 5.56 Å². The lowest BCUT2D eigenvalue weighted by molar-refractivity contribution is -0.139. The molecule has 35 heavy (non-hydrogen) atoms. The monoisotopic (exact) mass is 484 g/mol. The lowest BCUT2D eigenvalue weighted by Crippen LogP contribution is -2.38. The quantitative estimate of drug-likeness (QED) is 0.411. The molecule has 6 nitrogen and oxygen atoms in total. The first-order chi connectivity index (χ1) is 16.6. The molecule has 2 amide bonds. The highest BCUT2D eigenvalue weighted by atomic mass is 19.4. The van der Waals surface area contributed by atoms with E-state index >= 15 is 0 Å². The number of benzene rings is 3. The van der Waals surface area contributed by atoms with Gasteiger partial charge in [0.25, 0.3) is 5.91 Å². The number of halogens is 3. The number of carbonyl (C=O) groups excluding carboxylic acids is 2. The minimum Gasteiger partial charge on any atom is -0.480 e. The van der Waals surface area contributed by atoms with E-state index < -0.39 is 35.6 Å². The summed E-state index contributed by atoms with van der Waals surface area (Å²) < 4.78 is 39.4. The molecule has 0 saturated carbocycles. The summed E-state index contributed by atoms with van der Waals surface area (Å²) in [5, 5.41) is 14.1. The fourth-order valence-electron chi connectivity index (χ4n) is 3.48. The third-order valence-corrected chi connectivity index (χ3v) is 5.33. The molecular weight excluding hydrogens is 461 g/mol. The van der Waals surface area contributed by atoms with Crippen molar-refractivity contribution in [2.24, 2.45) is 0 Å². The first kappa shape index (κ1) is 25.6. The number of nitrogens with one attached hydrogen (secondary N) is 2. The lowest BCUT2D eigenvalue weighted by Gasteiger charge is -2.17. The summed E-state index contributed by atoms with van der Waals surface area (Å²) in [6, 6.07) is 19.7. The molecule has 0 saturated heterocycles. The van der Waals surface area contributed by atoms with E-state index in [4.69, 9.17) is 0 Å². The molecule has 0 spiro atoms. The normalized spacial score (nSPS) is 12.1. The van der Waals surface area contributed by atoms with Crippen molar-refractivity contribution >= 4 is 17.8 Å². The Bertz CT molecular complexity index is 1180. The maximum absolute atomic E-state index is 13.1. The summed E-state index contributed by atoms with van der Waals surface area (Å²) in [6.45, 7) is -0.346. The molecule has 3 aromatic carbocycles. The van der Waals surface area contributed by atoms with Gasteiger partial charge in [0, 0.05) is 18.5 Å². The SMILES string of the molecule is O=C(CC[C@H](NCc1ccccc1C(F)(F)F)C(=O)O)NC(=O)c1ccc(-c2ccccc2)cc1. The zero-order chi connectivity index (χ0) is 25.4. The molecule has 0 aliphatic rings. The van der Waals surface area contributed by atoms with E-state index in [1.165, 1.54) is 18.2 Å². The number of alkyl halides is 3. The van der Waals surface area contributed by atoms with Crippen LogP contribution in [0.25, 0.3) is 11.1 Å². The van der Waals surface area contributed by atoms with Crippen molar-refractivity contribution in [3.8, 4) is 11.1 Å². The molecule has 3 aromatic rings. The number of imide groups is 1. The Kier molecular flexibility index (Phi) is 8.38. The van der Waals surface area contributed by atoms with Crippen LogP contribution in [0.4, 0.5) is 13.2 Å². The molecule has 182 valence electrons. The average Bonchev–Trinajstić information content (AvgIpc) is 2.84. The molecule has 0 radical (unpaired) electrons. The third-order valence-electron chi connectivity index (χ3n) is 5.33. The van der Waals surface area contributed by atoms with Crippen LogP contribution in [-0.4, -0.2) is 28.9 Å². The molecule has 0 bridgehead atoms. The number of rotatable bonds is 9. The highest BCUT2D eigenvalue weighted by Crippen LogP contribution is 2.31. The molecule has 0 aliphatic carbocycles. The van der Waals surface area contributed by atoms with Gasteiger partial charge in [-0.3, -0.25) is 19.7 Å². The molecule has 3 N–H and O–H groups in total. The highest BCUT2D eigenvalue weighted by Gasteiger charge is 2.33. The number of hydrogen-bond acceptors (Lipinski definition) is 4. The molecule has 0 aromatic heterocycles. The summed E-state index contributed by atoms with van der Waals surface area (Å²) in [6.07, 6.45) is -5.09. The Morgan fingerprint density at radius 1 is 0.829 bits per heavy atom. The third kappa shape index (κ3) is 7.25. The first-order valence-electron chi connectivity index (χ1n) is 10.8. The molecule has 0 unspecified atom stereocenters. The van der Waals surface area contributed by atoms with Crippen molar-refractivity contribution in [3.63, 3.8) is 0 Å². The van der Waals surface area contributed by atoms with Gasteiger partial charge in [-0.25, -0.2) is 0 Å². The maximum atomic E-state index is 13.1. The zero-order valence-corrected chi connectivity index (χ0v) is 18.5. The highest BCUT2D eigenvalue weighted by molar-refractivity contribution is 6.04. The summed E-state index contributed by atoms with van der Waals surface area (Å²) in [5.41, 5.74) is 1.16. The fraction of sp³-hybridized carbons (Fsp3) is 0.192. The molecule has 0 fully saturated rings. The van der Waals surface area contributed by atoms with Crippen LogP contribution in [0.15, 0.2) is 78.9 Å². The molecule has 0 heterocycles. The first-order valence-corrected chi connectivity index (χ1v) is 10.8. The van der Waals surface area contributed by atoms with E-state index in [9.17, 15) is 32.7 Å². The van der Waals surface area contributed by atoms with Gasteiger partial charge in [-0.2, -0.15) is 13.2 Å². The second kappa shape index (κ2) is 11.4. The van der Waals surface area contributed by atoms with E-state index in [0.717, 1.165) is 17.2 Å². The molecule has 3 rings (SSSR count). The van der Waals surface area contributed by atoms with Crippen LogP contribution < -0.4 is 10.6 Å². The zero-order valence-electron chi connectivity index (χ0n) is 18.5. The van der Waals surface area contributed by atoms with E-state index in [0.29, 0.717) is 0 Å². The lowest BCUT2D eigenvalue weighted by atomic mass is 10.0. The van der Waals surface area contributed by atoms with Gasteiger partial charge in [0.1, 0.15) is 6.04 Å². The van der Waals surface area contributed by atoms with Crippen molar-refractivity contribution in [3.05, 3.63) is 95.6 Å². The van der Waals surface area contributed by atoms with E-state index in [1.807, 2.05) is 30.3 Å². The van der Waals surface area contributed by atoms with Crippen LogP contribution in [0, 0.1) is 0 Å². The van der Waals surface area contributed by atoms with Crippen molar-refractivity contribution in [1.29, 1.82) is 0 Å². The maximum Gasteiger partial charge on any atom is 0.416 e. The predicted octanol–water partition coefficient (Wildman–Crippen LogP) is 4.65. The van der Waals surface area contributed by atoms with Gasteiger partial charge >= 0.3 is 12.1 Å². The predicted molar refractivity (Wildman–Crippen MR) is 123 cm³/mol. The molecule has 1 atom stereocenters. The summed E-state index contributed by atoms with van der Waals surface area (Å²) in [4.78, 5) is 36.1. The van der Waals surface area contributed by atoms with Crippen molar-refractivity contribution < 1.29 is 32.7 Å². The van der Waals surface area contributed by atoms with Crippen LogP contribution in [0.2, 0.25) is 0 Å². The van der Waals surface area contributed by atoms with Gasteiger partial charge in [0.2, 0.25) is 5.91 Å². The molecule has 9 heteroatoms. The van der Waals surface area contributed by atoms with Gasteiger partial charge in [-0.1, -0.05) is 60.7 Å². The number of carbonyl (C=O) groups is 3. The number of amides is 2. The largest absolute Gasteiger partial charge is 0.480 e. The second-order valence-electron chi connectivity index (χ2n) is 7.79. The number of aliphatic carboxylic acids is 1. The van der Waals surface area contributed by atoms with E-state index in [1.54, 1.807) is 24.3 Å². The van der Waals surface area contributed by atoms with Crippen LogP contribution in [-0.2, 0) is 22.3 Å². The number of carboxylic acid groups (broad SMARTS) is 1. The van der Waals surface area contributed by atoms with Crippen LogP contribution in [0.3, 0.4) is 0 Å². The average molecular weight is 484 g/mol. The Morgan fingerprint density at radius 2 is 1.43 bits per heavy atom. The topological polar surface area (TPSA) is 95.5 Å². The van der Waals surface area contributed by atoms with E-state index in [2.05, 4.69) is 10.6 Å². The van der Waals surface area contributed by atoms with Crippen LogP contribution in [0.1, 0.15) is 34.3 Å². The molecular formula is C26H23F3N2O4. The Balaban J connectivity index is 1.53. The van der Waals surface area contributed by atoms with Crippen molar-refractivity contribution in [2.45, 2.75) is 31.6 Å². The van der Waals surface area contributed by atoms with Crippen molar-refractivity contribution in [1.82, 2.24) is 10.6 Å². The van der Waals surface area contributed by atoms with Gasteiger partial charge in [-0.05, 0) is 41.3 Å². The Morgan fingerprint density at radius 3 is 2.06 bits per heavy atom. The minimum atomic E-state index is -4.57. The minimum absolute atomic E-state index is 0.107. The van der Waals surface area contributed by atoms with Crippen LogP contribution >= 0.6 is 0 Å². The Labute approximate surface area is 199 Å². The standard InChI is InChI=1S/C26H23F3N2O4/c27-26(28,29)21-9-5-4-8-20(21)16-30-22(25(34)35)14-15-23(32)31-24(33)19-12-10-18(11-13-19)17-6-2-1-3-7-17/h1-13,22,30H,14-16H2,(H,34,35)(H,31,32,33)/t22-/m0/s1. The molecule has 0 aliphatic heterocycles. The fourth-order valence-corrected chi connectivity index (χ4v) is 3.48. The summed E-state index contributed by atoms with van der Waals surface area (Å²) >= 11 is 0. The van der Waals surface area contributed by atoms with E-state index in [-0.39, 0.29) is 30.5 Å². The second-order valence-corrected chi connectivity index (χ2v) is 7.79. The van der Waals surface area contributed by atoms with Crippen molar-refractivity contribution in [2.75, 3.05) is 0 Å².